The van der Waals surface area contributed by atoms with Crippen molar-refractivity contribution in [3.05, 3.63) is 70.0 Å². The zero-order valence-corrected chi connectivity index (χ0v) is 13.2. The van der Waals surface area contributed by atoms with Crippen molar-refractivity contribution in [2.75, 3.05) is 11.4 Å². The third-order valence-electron chi connectivity index (χ3n) is 4.56. The molecule has 0 bridgehead atoms. The standard InChI is InChI=1S/C19H19N3O/c1-14-7-2-3-8-15(14)13-21-11-6-12-22-18(23)16-9-4-5-10-17(16)20-19(21)22/h2-5,7-10H,6,11-13H2,1H3. The van der Waals surface area contributed by atoms with Crippen LogP contribution in [0.4, 0.5) is 5.95 Å². The van der Waals surface area contributed by atoms with E-state index in [1.165, 1.54) is 11.1 Å². The molecule has 0 N–H and O–H groups in total. The van der Waals surface area contributed by atoms with Crippen molar-refractivity contribution < 1.29 is 0 Å². The van der Waals surface area contributed by atoms with Crippen molar-refractivity contribution >= 4 is 16.9 Å². The van der Waals surface area contributed by atoms with Gasteiger partial charge < -0.3 is 4.90 Å². The lowest BCUT2D eigenvalue weighted by atomic mass is 10.1. The Hall–Kier alpha value is -2.62. The molecule has 0 saturated carbocycles. The van der Waals surface area contributed by atoms with E-state index < -0.39 is 0 Å². The van der Waals surface area contributed by atoms with Crippen molar-refractivity contribution in [2.45, 2.75) is 26.4 Å². The van der Waals surface area contributed by atoms with Crippen molar-refractivity contribution in [1.82, 2.24) is 9.55 Å². The largest absolute Gasteiger partial charge is 0.338 e. The topological polar surface area (TPSA) is 38.1 Å². The van der Waals surface area contributed by atoms with Gasteiger partial charge in [0, 0.05) is 19.6 Å². The molecule has 4 nitrogen and oxygen atoms in total. The third kappa shape index (κ3) is 2.40. The number of benzene rings is 2. The number of anilines is 1. The first-order valence-electron chi connectivity index (χ1n) is 8.03. The zero-order chi connectivity index (χ0) is 15.8. The average Bonchev–Trinajstić information content (AvgIpc) is 2.58. The molecular formula is C19H19N3O. The van der Waals surface area contributed by atoms with E-state index in [0.717, 1.165) is 37.5 Å². The number of fused-ring (bicyclic) bond motifs is 2. The van der Waals surface area contributed by atoms with Crippen molar-refractivity contribution in [3.8, 4) is 0 Å². The number of rotatable bonds is 2. The van der Waals surface area contributed by atoms with Crippen LogP contribution in [-0.4, -0.2) is 16.1 Å². The van der Waals surface area contributed by atoms with Crippen molar-refractivity contribution in [1.29, 1.82) is 0 Å². The SMILES string of the molecule is Cc1ccccc1CN1CCCn2c1nc1ccccc1c2=O. The highest BCUT2D eigenvalue weighted by molar-refractivity contribution is 5.78. The van der Waals surface area contributed by atoms with Gasteiger partial charge in [-0.3, -0.25) is 9.36 Å². The van der Waals surface area contributed by atoms with Crippen LogP contribution in [-0.2, 0) is 13.1 Å². The smallest absolute Gasteiger partial charge is 0.262 e. The fourth-order valence-corrected chi connectivity index (χ4v) is 3.26. The van der Waals surface area contributed by atoms with Crippen molar-refractivity contribution in [3.63, 3.8) is 0 Å². The van der Waals surface area contributed by atoms with Crippen LogP contribution >= 0.6 is 0 Å². The fraction of sp³-hybridized carbons (Fsp3) is 0.263. The Bertz CT molecular complexity index is 929. The molecule has 23 heavy (non-hydrogen) atoms. The summed E-state index contributed by atoms with van der Waals surface area (Å²) in [7, 11) is 0. The summed E-state index contributed by atoms with van der Waals surface area (Å²) in [5, 5.41) is 0.703. The zero-order valence-electron chi connectivity index (χ0n) is 13.2. The average molecular weight is 305 g/mol. The molecule has 1 aliphatic rings. The molecule has 0 unspecified atom stereocenters. The maximum Gasteiger partial charge on any atom is 0.262 e. The van der Waals surface area contributed by atoms with Crippen molar-refractivity contribution in [2.24, 2.45) is 0 Å². The van der Waals surface area contributed by atoms with Crippen LogP contribution < -0.4 is 10.5 Å². The van der Waals surface area contributed by atoms with Gasteiger partial charge in [-0.05, 0) is 36.6 Å². The Labute approximate surface area is 135 Å². The number of aryl methyl sites for hydroxylation is 1. The normalized spacial score (nSPS) is 14.0. The van der Waals surface area contributed by atoms with Crippen LogP contribution in [0.25, 0.3) is 10.9 Å². The highest BCUT2D eigenvalue weighted by Crippen LogP contribution is 2.22. The lowest BCUT2D eigenvalue weighted by Crippen LogP contribution is -2.38. The van der Waals surface area contributed by atoms with Crippen LogP contribution in [0.3, 0.4) is 0 Å². The highest BCUT2D eigenvalue weighted by atomic mass is 16.1. The second-order valence-corrected chi connectivity index (χ2v) is 6.09. The molecule has 0 aliphatic carbocycles. The summed E-state index contributed by atoms with van der Waals surface area (Å²) < 4.78 is 1.82. The Kier molecular flexibility index (Phi) is 3.37. The summed E-state index contributed by atoms with van der Waals surface area (Å²) in [4.78, 5) is 19.7. The molecule has 4 heteroatoms. The second-order valence-electron chi connectivity index (χ2n) is 6.09. The van der Waals surface area contributed by atoms with Gasteiger partial charge in [0.2, 0.25) is 5.95 Å². The van der Waals surface area contributed by atoms with E-state index in [1.54, 1.807) is 0 Å². The van der Waals surface area contributed by atoms with E-state index in [0.29, 0.717) is 5.39 Å². The number of para-hydroxylation sites is 1. The minimum Gasteiger partial charge on any atom is -0.338 e. The molecule has 3 aromatic rings. The fourth-order valence-electron chi connectivity index (χ4n) is 3.26. The maximum atomic E-state index is 12.7. The molecule has 0 atom stereocenters. The summed E-state index contributed by atoms with van der Waals surface area (Å²) in [6.45, 7) is 4.59. The van der Waals surface area contributed by atoms with Crippen LogP contribution in [0.1, 0.15) is 17.5 Å². The minimum atomic E-state index is 0.0695. The number of hydrogen-bond acceptors (Lipinski definition) is 3. The summed E-state index contributed by atoms with van der Waals surface area (Å²) in [6.07, 6.45) is 0.971. The van der Waals surface area contributed by atoms with Gasteiger partial charge in [0.05, 0.1) is 10.9 Å². The van der Waals surface area contributed by atoms with Gasteiger partial charge in [0.1, 0.15) is 0 Å². The first kappa shape index (κ1) is 14.0. The first-order valence-corrected chi connectivity index (χ1v) is 8.03. The molecule has 0 fully saturated rings. The highest BCUT2D eigenvalue weighted by Gasteiger charge is 2.21. The van der Waals surface area contributed by atoms with Crippen LogP contribution in [0.2, 0.25) is 0 Å². The summed E-state index contributed by atoms with van der Waals surface area (Å²) >= 11 is 0. The van der Waals surface area contributed by atoms with Gasteiger partial charge in [-0.25, -0.2) is 4.98 Å². The van der Waals surface area contributed by atoms with Gasteiger partial charge in [-0.15, -0.1) is 0 Å². The molecule has 0 amide bonds. The van der Waals surface area contributed by atoms with Gasteiger partial charge in [-0.2, -0.15) is 0 Å². The lowest BCUT2D eigenvalue weighted by Gasteiger charge is -2.31. The molecule has 116 valence electrons. The molecule has 2 heterocycles. The molecule has 4 rings (SSSR count). The Balaban J connectivity index is 1.82. The summed E-state index contributed by atoms with van der Waals surface area (Å²) in [5.74, 6) is 0.795. The predicted molar refractivity (Wildman–Crippen MR) is 92.8 cm³/mol. The minimum absolute atomic E-state index is 0.0695. The van der Waals surface area contributed by atoms with E-state index in [2.05, 4.69) is 36.1 Å². The van der Waals surface area contributed by atoms with Crippen LogP contribution in [0.15, 0.2) is 53.3 Å². The van der Waals surface area contributed by atoms with E-state index in [-0.39, 0.29) is 5.56 Å². The van der Waals surface area contributed by atoms with Gasteiger partial charge >= 0.3 is 0 Å². The van der Waals surface area contributed by atoms with E-state index in [4.69, 9.17) is 4.98 Å². The van der Waals surface area contributed by atoms with E-state index in [1.807, 2.05) is 28.8 Å². The third-order valence-corrected chi connectivity index (χ3v) is 4.56. The molecule has 1 aliphatic heterocycles. The first-order chi connectivity index (χ1) is 11.2. The monoisotopic (exact) mass is 305 g/mol. The van der Waals surface area contributed by atoms with E-state index >= 15 is 0 Å². The summed E-state index contributed by atoms with van der Waals surface area (Å²) in [6, 6.07) is 16.0. The van der Waals surface area contributed by atoms with Gasteiger partial charge in [-0.1, -0.05) is 36.4 Å². The molecule has 2 aromatic carbocycles. The maximum absolute atomic E-state index is 12.7. The Morgan fingerprint density at radius 3 is 2.70 bits per heavy atom. The quantitative estimate of drug-likeness (QED) is 0.730. The molecule has 0 saturated heterocycles. The molecule has 1 aromatic heterocycles. The number of hydrogen-bond donors (Lipinski definition) is 0. The number of aromatic nitrogens is 2. The predicted octanol–water partition coefficient (Wildman–Crippen LogP) is 3.12. The van der Waals surface area contributed by atoms with Gasteiger partial charge in [0.25, 0.3) is 5.56 Å². The van der Waals surface area contributed by atoms with E-state index in [9.17, 15) is 4.79 Å². The summed E-state index contributed by atoms with van der Waals surface area (Å²) in [5.41, 5.74) is 3.40. The molecular weight excluding hydrogens is 286 g/mol. The molecule has 0 spiro atoms. The van der Waals surface area contributed by atoms with Crippen LogP contribution in [0.5, 0.6) is 0 Å². The number of nitrogens with zero attached hydrogens (tertiary/aromatic N) is 3. The Morgan fingerprint density at radius 2 is 1.83 bits per heavy atom. The molecule has 0 radical (unpaired) electrons. The lowest BCUT2D eigenvalue weighted by molar-refractivity contribution is 0.534. The van der Waals surface area contributed by atoms with Crippen LogP contribution in [0, 0.1) is 6.92 Å². The Morgan fingerprint density at radius 1 is 1.04 bits per heavy atom. The second kappa shape index (κ2) is 5.54. The van der Waals surface area contributed by atoms with Gasteiger partial charge in [0.15, 0.2) is 0 Å².